The largest absolute Gasteiger partial charge is 0.480 e. The van der Waals surface area contributed by atoms with Gasteiger partial charge in [0.05, 0.1) is 0 Å². The Balaban J connectivity index is 2.81. The Morgan fingerprint density at radius 3 is 2.47 bits per heavy atom. The first-order valence-corrected chi connectivity index (χ1v) is 5.74. The summed E-state index contributed by atoms with van der Waals surface area (Å²) in [6.07, 6.45) is 0. The molecule has 17 heavy (non-hydrogen) atoms. The number of carboxylic acids is 1. The molecule has 0 saturated carbocycles. The molecule has 0 heterocycles. The van der Waals surface area contributed by atoms with E-state index in [1.165, 1.54) is 0 Å². The van der Waals surface area contributed by atoms with Gasteiger partial charge in [-0.25, -0.2) is 0 Å². The number of nitrogens with zero attached hydrogens (tertiary/aromatic N) is 1. The summed E-state index contributed by atoms with van der Waals surface area (Å²) in [5, 5.41) is 18.5. The number of benzene rings is 1. The van der Waals surface area contributed by atoms with Crippen LogP contribution in [0.15, 0.2) is 24.3 Å². The Hall–Kier alpha value is -1.26. The maximum atomic E-state index is 10.8. The molecule has 0 aliphatic rings. The Morgan fingerprint density at radius 2 is 2.00 bits per heavy atom. The van der Waals surface area contributed by atoms with Gasteiger partial charge in [-0.1, -0.05) is 18.5 Å². The van der Waals surface area contributed by atoms with Crippen molar-refractivity contribution < 1.29 is 15.0 Å². The van der Waals surface area contributed by atoms with Crippen LogP contribution < -0.4 is 4.90 Å². The van der Waals surface area contributed by atoms with Crippen LogP contribution in [0.2, 0.25) is 5.02 Å². The molecule has 1 aromatic carbocycles. The van der Waals surface area contributed by atoms with E-state index < -0.39 is 5.97 Å². The number of aliphatic hydroxyl groups excluding tert-OH is 1. The van der Waals surface area contributed by atoms with E-state index >= 15 is 0 Å². The van der Waals surface area contributed by atoms with Crippen molar-refractivity contribution in [1.82, 2.24) is 0 Å². The van der Waals surface area contributed by atoms with E-state index in [2.05, 4.69) is 0 Å². The molecule has 0 fully saturated rings. The molecule has 0 amide bonds. The van der Waals surface area contributed by atoms with Gasteiger partial charge in [0.25, 0.3) is 0 Å². The SMILES string of the molecule is CC(CO)CN(CC(=O)O)c1ccc(Cl)cc1. The average molecular weight is 258 g/mol. The quantitative estimate of drug-likeness (QED) is 0.817. The van der Waals surface area contributed by atoms with Crippen LogP contribution in [0.4, 0.5) is 5.69 Å². The highest BCUT2D eigenvalue weighted by Gasteiger charge is 2.13. The minimum atomic E-state index is -0.898. The Labute approximate surface area is 105 Å². The van der Waals surface area contributed by atoms with Crippen molar-refractivity contribution in [3.63, 3.8) is 0 Å². The summed E-state index contributed by atoms with van der Waals surface area (Å²) < 4.78 is 0. The van der Waals surface area contributed by atoms with E-state index in [9.17, 15) is 4.79 Å². The van der Waals surface area contributed by atoms with Crippen LogP contribution in [0.3, 0.4) is 0 Å². The van der Waals surface area contributed by atoms with Crippen molar-refractivity contribution in [1.29, 1.82) is 0 Å². The molecule has 1 rings (SSSR count). The second-order valence-corrected chi connectivity index (χ2v) is 4.47. The van der Waals surface area contributed by atoms with Crippen molar-refractivity contribution >= 4 is 23.3 Å². The smallest absolute Gasteiger partial charge is 0.323 e. The highest BCUT2D eigenvalue weighted by molar-refractivity contribution is 6.30. The van der Waals surface area contributed by atoms with E-state index in [1.807, 2.05) is 6.92 Å². The fraction of sp³-hybridized carbons (Fsp3) is 0.417. The fourth-order valence-electron chi connectivity index (χ4n) is 1.51. The highest BCUT2D eigenvalue weighted by atomic mass is 35.5. The molecule has 0 bridgehead atoms. The summed E-state index contributed by atoms with van der Waals surface area (Å²) in [7, 11) is 0. The zero-order chi connectivity index (χ0) is 12.8. The first-order valence-electron chi connectivity index (χ1n) is 5.36. The molecule has 2 N–H and O–H groups in total. The standard InChI is InChI=1S/C12H16ClNO3/c1-9(8-15)6-14(7-12(16)17)11-4-2-10(13)3-5-11/h2-5,9,15H,6-8H2,1H3,(H,16,17). The summed E-state index contributed by atoms with van der Waals surface area (Å²) in [6.45, 7) is 2.30. The van der Waals surface area contributed by atoms with E-state index in [4.69, 9.17) is 21.8 Å². The van der Waals surface area contributed by atoms with Gasteiger partial charge in [-0.2, -0.15) is 0 Å². The monoisotopic (exact) mass is 257 g/mol. The topological polar surface area (TPSA) is 60.8 Å². The van der Waals surface area contributed by atoms with E-state index in [0.717, 1.165) is 5.69 Å². The minimum absolute atomic E-state index is 0.0185. The second-order valence-electron chi connectivity index (χ2n) is 4.04. The van der Waals surface area contributed by atoms with Gasteiger partial charge in [0.1, 0.15) is 6.54 Å². The van der Waals surface area contributed by atoms with Gasteiger partial charge in [0.15, 0.2) is 0 Å². The van der Waals surface area contributed by atoms with Gasteiger partial charge in [-0.05, 0) is 30.2 Å². The van der Waals surface area contributed by atoms with E-state index in [-0.39, 0.29) is 19.1 Å². The summed E-state index contributed by atoms with van der Waals surface area (Å²) >= 11 is 5.78. The van der Waals surface area contributed by atoms with Crippen molar-refractivity contribution in [2.24, 2.45) is 5.92 Å². The molecule has 0 aliphatic heterocycles. The zero-order valence-corrected chi connectivity index (χ0v) is 10.4. The second kappa shape index (κ2) is 6.47. The number of halogens is 1. The van der Waals surface area contributed by atoms with Crippen molar-refractivity contribution in [2.75, 3.05) is 24.6 Å². The fourth-order valence-corrected chi connectivity index (χ4v) is 1.64. The third-order valence-corrected chi connectivity index (χ3v) is 2.61. The summed E-state index contributed by atoms with van der Waals surface area (Å²) in [6, 6.07) is 6.98. The van der Waals surface area contributed by atoms with Crippen molar-refractivity contribution in [3.05, 3.63) is 29.3 Å². The van der Waals surface area contributed by atoms with Gasteiger partial charge in [-0.15, -0.1) is 0 Å². The zero-order valence-electron chi connectivity index (χ0n) is 9.64. The minimum Gasteiger partial charge on any atom is -0.480 e. The van der Waals surface area contributed by atoms with Crippen LogP contribution in [0.25, 0.3) is 0 Å². The number of rotatable bonds is 6. The molecule has 0 spiro atoms. The molecule has 5 heteroatoms. The number of carbonyl (C=O) groups is 1. The van der Waals surface area contributed by atoms with Gasteiger partial charge in [0.2, 0.25) is 0 Å². The molecule has 0 aliphatic carbocycles. The highest BCUT2D eigenvalue weighted by Crippen LogP contribution is 2.18. The van der Waals surface area contributed by atoms with Gasteiger partial charge in [-0.3, -0.25) is 4.79 Å². The summed E-state index contributed by atoms with van der Waals surface area (Å²) in [5.41, 5.74) is 0.789. The molecule has 1 atom stereocenters. The predicted molar refractivity (Wildman–Crippen MR) is 67.6 cm³/mol. The number of aliphatic hydroxyl groups is 1. The molecule has 1 aromatic rings. The van der Waals surface area contributed by atoms with Crippen LogP contribution in [0.1, 0.15) is 6.92 Å². The lowest BCUT2D eigenvalue weighted by Gasteiger charge is -2.25. The summed E-state index contributed by atoms with van der Waals surface area (Å²) in [5.74, 6) is -0.880. The molecule has 94 valence electrons. The number of anilines is 1. The number of aliphatic carboxylic acids is 1. The van der Waals surface area contributed by atoms with Crippen LogP contribution in [-0.2, 0) is 4.79 Å². The third-order valence-electron chi connectivity index (χ3n) is 2.36. The lowest BCUT2D eigenvalue weighted by atomic mass is 10.1. The number of carboxylic acid groups (broad SMARTS) is 1. The average Bonchev–Trinajstić information content (AvgIpc) is 2.28. The first kappa shape index (κ1) is 13.8. The Morgan fingerprint density at radius 1 is 1.41 bits per heavy atom. The maximum Gasteiger partial charge on any atom is 0.323 e. The van der Waals surface area contributed by atoms with Crippen LogP contribution in [0.5, 0.6) is 0 Å². The molecule has 0 saturated heterocycles. The van der Waals surface area contributed by atoms with E-state index in [0.29, 0.717) is 11.6 Å². The van der Waals surface area contributed by atoms with Gasteiger partial charge < -0.3 is 15.1 Å². The van der Waals surface area contributed by atoms with Crippen LogP contribution in [0, 0.1) is 5.92 Å². The van der Waals surface area contributed by atoms with Gasteiger partial charge in [0, 0.05) is 23.9 Å². The maximum absolute atomic E-state index is 10.8. The van der Waals surface area contributed by atoms with Crippen molar-refractivity contribution in [3.8, 4) is 0 Å². The lowest BCUT2D eigenvalue weighted by molar-refractivity contribution is -0.135. The molecule has 0 aromatic heterocycles. The number of hydrogen-bond acceptors (Lipinski definition) is 3. The van der Waals surface area contributed by atoms with Gasteiger partial charge >= 0.3 is 5.97 Å². The van der Waals surface area contributed by atoms with Crippen LogP contribution >= 0.6 is 11.6 Å². The Bertz CT molecular complexity index is 367. The molecule has 0 radical (unpaired) electrons. The summed E-state index contributed by atoms with van der Waals surface area (Å²) in [4.78, 5) is 12.5. The molecule has 1 unspecified atom stereocenters. The number of hydrogen-bond donors (Lipinski definition) is 2. The lowest BCUT2D eigenvalue weighted by Crippen LogP contribution is -2.34. The van der Waals surface area contributed by atoms with E-state index in [1.54, 1.807) is 29.2 Å². The predicted octanol–water partition coefficient (Wildman–Crippen LogP) is 1.86. The molecule has 4 nitrogen and oxygen atoms in total. The molecular formula is C12H16ClNO3. The third kappa shape index (κ3) is 4.63. The molecular weight excluding hydrogens is 242 g/mol. The van der Waals surface area contributed by atoms with Crippen LogP contribution in [-0.4, -0.2) is 35.9 Å². The van der Waals surface area contributed by atoms with Crippen molar-refractivity contribution in [2.45, 2.75) is 6.92 Å². The normalized spacial score (nSPS) is 12.2. The first-order chi connectivity index (χ1) is 8.02. The Kier molecular flexibility index (Phi) is 5.25.